The van der Waals surface area contributed by atoms with Gasteiger partial charge in [0, 0.05) is 23.6 Å². The standard InChI is InChI=1S/C18H24BrN5O3S/c1-4-24-13(11-23(2)3)10-16(21-24)28(26,27)22-18(25)20-17-14-7-5-6-12(14)8-9-15(17)19/h8-10H,4-7,11H2,1-3H3,(H2,20,22,25). The van der Waals surface area contributed by atoms with Gasteiger partial charge in [-0.05, 0) is 73.4 Å². The fraction of sp³-hybridized carbons (Fsp3) is 0.444. The van der Waals surface area contributed by atoms with Crippen molar-refractivity contribution in [1.29, 1.82) is 0 Å². The number of carbonyl (C=O) groups excluding carboxylic acids is 1. The van der Waals surface area contributed by atoms with Crippen molar-refractivity contribution in [1.82, 2.24) is 19.4 Å². The van der Waals surface area contributed by atoms with Crippen LogP contribution < -0.4 is 10.0 Å². The molecule has 2 amide bonds. The minimum atomic E-state index is -4.08. The monoisotopic (exact) mass is 469 g/mol. The first-order valence-electron chi connectivity index (χ1n) is 9.06. The van der Waals surface area contributed by atoms with E-state index in [2.05, 4.69) is 31.1 Å². The van der Waals surface area contributed by atoms with Gasteiger partial charge >= 0.3 is 6.03 Å². The van der Waals surface area contributed by atoms with Gasteiger partial charge in [0.05, 0.1) is 11.4 Å². The predicted octanol–water partition coefficient (Wildman–Crippen LogP) is 2.73. The van der Waals surface area contributed by atoms with Crippen LogP contribution in [-0.4, -0.2) is 43.2 Å². The van der Waals surface area contributed by atoms with Crippen LogP contribution in [0.2, 0.25) is 0 Å². The highest BCUT2D eigenvalue weighted by atomic mass is 79.9. The molecule has 0 fully saturated rings. The maximum atomic E-state index is 12.6. The van der Waals surface area contributed by atoms with E-state index in [1.165, 1.54) is 11.6 Å². The number of urea groups is 1. The molecule has 1 aliphatic carbocycles. The first-order chi connectivity index (χ1) is 13.2. The van der Waals surface area contributed by atoms with Gasteiger partial charge in [0.15, 0.2) is 5.03 Å². The van der Waals surface area contributed by atoms with Crippen LogP contribution in [0.3, 0.4) is 0 Å². The number of hydrogen-bond donors (Lipinski definition) is 2. The zero-order valence-corrected chi connectivity index (χ0v) is 18.5. The van der Waals surface area contributed by atoms with Gasteiger partial charge in [-0.1, -0.05) is 6.07 Å². The lowest BCUT2D eigenvalue weighted by molar-refractivity contribution is 0.256. The third-order valence-corrected chi connectivity index (χ3v) is 6.46. The number of nitrogens with one attached hydrogen (secondary N) is 2. The van der Waals surface area contributed by atoms with Gasteiger partial charge in [-0.15, -0.1) is 0 Å². The van der Waals surface area contributed by atoms with Crippen LogP contribution >= 0.6 is 15.9 Å². The smallest absolute Gasteiger partial charge is 0.306 e. The second kappa shape index (κ2) is 8.22. The summed E-state index contributed by atoms with van der Waals surface area (Å²) in [4.78, 5) is 14.4. The van der Waals surface area contributed by atoms with E-state index in [9.17, 15) is 13.2 Å². The molecule has 0 saturated heterocycles. The molecule has 10 heteroatoms. The third-order valence-electron chi connectivity index (χ3n) is 4.59. The third kappa shape index (κ3) is 4.39. The van der Waals surface area contributed by atoms with Gasteiger partial charge in [-0.2, -0.15) is 13.5 Å². The Kier molecular flexibility index (Phi) is 6.11. The number of carbonyl (C=O) groups is 1. The lowest BCUT2D eigenvalue weighted by Gasteiger charge is -2.13. The number of amides is 2. The number of aromatic nitrogens is 2. The Labute approximate surface area is 173 Å². The van der Waals surface area contributed by atoms with Gasteiger partial charge < -0.3 is 10.2 Å². The minimum Gasteiger partial charge on any atom is -0.306 e. The highest BCUT2D eigenvalue weighted by Crippen LogP contribution is 2.34. The molecule has 28 heavy (non-hydrogen) atoms. The molecule has 2 aromatic rings. The number of anilines is 1. The normalized spacial score (nSPS) is 13.6. The number of fused-ring (bicyclic) bond motifs is 1. The fourth-order valence-electron chi connectivity index (χ4n) is 3.37. The zero-order valence-electron chi connectivity index (χ0n) is 16.1. The molecule has 0 aliphatic heterocycles. The molecular formula is C18H24BrN5O3S. The number of rotatable bonds is 6. The summed E-state index contributed by atoms with van der Waals surface area (Å²) in [6.07, 6.45) is 2.83. The van der Waals surface area contributed by atoms with Gasteiger partial charge in [0.1, 0.15) is 0 Å². The van der Waals surface area contributed by atoms with Crippen molar-refractivity contribution >= 4 is 37.7 Å². The van der Waals surface area contributed by atoms with E-state index in [1.54, 1.807) is 4.68 Å². The van der Waals surface area contributed by atoms with Crippen molar-refractivity contribution in [2.24, 2.45) is 0 Å². The Morgan fingerprint density at radius 2 is 2.07 bits per heavy atom. The van der Waals surface area contributed by atoms with Crippen molar-refractivity contribution in [2.45, 2.75) is 44.3 Å². The van der Waals surface area contributed by atoms with Crippen LogP contribution in [0.4, 0.5) is 10.5 Å². The minimum absolute atomic E-state index is 0.168. The van der Waals surface area contributed by atoms with E-state index in [4.69, 9.17) is 0 Å². The maximum absolute atomic E-state index is 12.6. The summed E-state index contributed by atoms with van der Waals surface area (Å²) >= 11 is 3.44. The summed E-state index contributed by atoms with van der Waals surface area (Å²) in [6, 6.07) is 4.58. The molecule has 0 bridgehead atoms. The molecule has 1 aromatic carbocycles. The number of halogens is 1. The first-order valence-corrected chi connectivity index (χ1v) is 11.3. The molecule has 0 spiro atoms. The predicted molar refractivity (Wildman–Crippen MR) is 111 cm³/mol. The first kappa shape index (κ1) is 20.8. The molecule has 3 rings (SSSR count). The van der Waals surface area contributed by atoms with E-state index in [0.29, 0.717) is 18.8 Å². The van der Waals surface area contributed by atoms with Gasteiger partial charge in [0.25, 0.3) is 10.0 Å². The molecular weight excluding hydrogens is 446 g/mol. The van der Waals surface area contributed by atoms with E-state index < -0.39 is 16.1 Å². The Bertz CT molecular complexity index is 1000. The second-order valence-corrected chi connectivity index (χ2v) is 9.48. The molecule has 0 atom stereocenters. The van der Waals surface area contributed by atoms with Crippen molar-refractivity contribution in [3.05, 3.63) is 39.5 Å². The molecule has 1 aliphatic rings. The summed E-state index contributed by atoms with van der Waals surface area (Å²) in [6.45, 7) is 2.97. The van der Waals surface area contributed by atoms with Gasteiger partial charge in [-0.3, -0.25) is 4.68 Å². The highest BCUT2D eigenvalue weighted by Gasteiger charge is 2.25. The average Bonchev–Trinajstić information content (AvgIpc) is 3.23. The van der Waals surface area contributed by atoms with Crippen molar-refractivity contribution < 1.29 is 13.2 Å². The average molecular weight is 470 g/mol. The Hall–Kier alpha value is -1.91. The molecule has 1 aromatic heterocycles. The summed E-state index contributed by atoms with van der Waals surface area (Å²) in [5.41, 5.74) is 3.61. The van der Waals surface area contributed by atoms with Gasteiger partial charge in [-0.25, -0.2) is 9.52 Å². The Morgan fingerprint density at radius 1 is 1.32 bits per heavy atom. The largest absolute Gasteiger partial charge is 0.333 e. The van der Waals surface area contributed by atoms with Gasteiger partial charge in [0.2, 0.25) is 0 Å². The van der Waals surface area contributed by atoms with Crippen LogP contribution in [-0.2, 0) is 36.0 Å². The van der Waals surface area contributed by atoms with E-state index in [-0.39, 0.29) is 5.03 Å². The summed E-state index contributed by atoms with van der Waals surface area (Å²) < 4.78 is 29.7. The quantitative estimate of drug-likeness (QED) is 0.677. The molecule has 0 radical (unpaired) electrons. The van der Waals surface area contributed by atoms with E-state index >= 15 is 0 Å². The van der Waals surface area contributed by atoms with Crippen LogP contribution in [0, 0.1) is 0 Å². The lowest BCUT2D eigenvalue weighted by Crippen LogP contribution is -2.35. The highest BCUT2D eigenvalue weighted by molar-refractivity contribution is 9.10. The van der Waals surface area contributed by atoms with Crippen LogP contribution in [0.1, 0.15) is 30.2 Å². The van der Waals surface area contributed by atoms with Crippen LogP contribution in [0.25, 0.3) is 0 Å². The number of aryl methyl sites for hydroxylation is 2. The van der Waals surface area contributed by atoms with E-state index in [0.717, 1.165) is 35.0 Å². The summed E-state index contributed by atoms with van der Waals surface area (Å²) in [5.74, 6) is 0. The molecule has 0 unspecified atom stereocenters. The van der Waals surface area contributed by atoms with Crippen molar-refractivity contribution in [3.8, 4) is 0 Å². The van der Waals surface area contributed by atoms with Crippen LogP contribution in [0.15, 0.2) is 27.7 Å². The van der Waals surface area contributed by atoms with E-state index in [1.807, 2.05) is 38.1 Å². The Morgan fingerprint density at radius 3 is 2.75 bits per heavy atom. The van der Waals surface area contributed by atoms with Crippen molar-refractivity contribution in [3.63, 3.8) is 0 Å². The SMILES string of the molecule is CCn1nc(S(=O)(=O)NC(=O)Nc2c(Br)ccc3c2CCC3)cc1CN(C)C. The number of sulfonamides is 1. The second-order valence-electron chi connectivity index (χ2n) is 7.00. The molecule has 8 nitrogen and oxygen atoms in total. The molecule has 0 saturated carbocycles. The maximum Gasteiger partial charge on any atom is 0.333 e. The number of benzene rings is 1. The summed E-state index contributed by atoms with van der Waals surface area (Å²) in [7, 11) is -0.298. The number of nitrogens with zero attached hydrogens (tertiary/aromatic N) is 3. The number of hydrogen-bond acceptors (Lipinski definition) is 5. The Balaban J connectivity index is 1.79. The molecule has 152 valence electrons. The zero-order chi connectivity index (χ0) is 20.5. The topological polar surface area (TPSA) is 96.3 Å². The summed E-state index contributed by atoms with van der Waals surface area (Å²) in [5, 5.41) is 6.66. The molecule has 1 heterocycles. The fourth-order valence-corrected chi connectivity index (χ4v) is 4.74. The van der Waals surface area contributed by atoms with Crippen LogP contribution in [0.5, 0.6) is 0 Å². The van der Waals surface area contributed by atoms with Crippen molar-refractivity contribution in [2.75, 3.05) is 19.4 Å². The lowest BCUT2D eigenvalue weighted by atomic mass is 10.1. The molecule has 2 N–H and O–H groups in total.